The minimum atomic E-state index is -0.409. The van der Waals surface area contributed by atoms with Crippen LogP contribution in [0, 0.1) is 6.92 Å². The minimum Gasteiger partial charge on any atom is -0.326 e. The Hall–Kier alpha value is -2.25. The van der Waals surface area contributed by atoms with Gasteiger partial charge in [0, 0.05) is 12.2 Å². The first-order valence-electron chi connectivity index (χ1n) is 8.14. The van der Waals surface area contributed by atoms with Crippen LogP contribution >= 0.6 is 22.7 Å². The molecule has 0 bridgehead atoms. The lowest BCUT2D eigenvalue weighted by molar-refractivity contribution is -0.119. The van der Waals surface area contributed by atoms with Crippen LogP contribution in [0.3, 0.4) is 0 Å². The topological polar surface area (TPSA) is 62.3 Å². The molecule has 3 heterocycles. The highest BCUT2D eigenvalue weighted by atomic mass is 32.1. The van der Waals surface area contributed by atoms with Crippen LogP contribution < -0.4 is 5.32 Å². The van der Waals surface area contributed by atoms with Gasteiger partial charge >= 0.3 is 0 Å². The van der Waals surface area contributed by atoms with Gasteiger partial charge in [0.25, 0.3) is 5.91 Å². The van der Waals surface area contributed by atoms with Gasteiger partial charge in [-0.3, -0.25) is 9.59 Å². The van der Waals surface area contributed by atoms with Gasteiger partial charge in [-0.2, -0.15) is 0 Å². The van der Waals surface area contributed by atoms with E-state index in [-0.39, 0.29) is 11.8 Å². The van der Waals surface area contributed by atoms with Gasteiger partial charge in [0.05, 0.1) is 20.1 Å². The predicted octanol–water partition coefficient (Wildman–Crippen LogP) is 3.91. The van der Waals surface area contributed by atoms with Crippen molar-refractivity contribution in [2.24, 2.45) is 0 Å². The fourth-order valence-electron chi connectivity index (χ4n) is 3.17. The normalized spacial score (nSPS) is 17.2. The molecular weight excluding hydrogens is 354 g/mol. The first-order chi connectivity index (χ1) is 12.1. The van der Waals surface area contributed by atoms with Crippen molar-refractivity contribution in [2.45, 2.75) is 25.8 Å². The average molecular weight is 371 g/mol. The van der Waals surface area contributed by atoms with Gasteiger partial charge in [-0.1, -0.05) is 6.07 Å². The van der Waals surface area contributed by atoms with E-state index in [4.69, 9.17) is 0 Å². The maximum atomic E-state index is 12.7. The van der Waals surface area contributed by atoms with Crippen LogP contribution in [0.4, 0.5) is 5.69 Å². The van der Waals surface area contributed by atoms with E-state index in [2.05, 4.69) is 10.3 Å². The number of amides is 2. The van der Waals surface area contributed by atoms with E-state index in [0.717, 1.165) is 27.3 Å². The number of aryl methyl sites for hydroxylation is 1. The largest absolute Gasteiger partial charge is 0.326 e. The van der Waals surface area contributed by atoms with Gasteiger partial charge in [0.2, 0.25) is 5.91 Å². The molecule has 2 aromatic heterocycles. The number of aromatic nitrogens is 1. The van der Waals surface area contributed by atoms with Crippen molar-refractivity contribution in [1.82, 2.24) is 9.88 Å². The lowest BCUT2D eigenvalue weighted by Gasteiger charge is -2.23. The summed E-state index contributed by atoms with van der Waals surface area (Å²) in [7, 11) is 0. The van der Waals surface area contributed by atoms with Crippen LogP contribution in [-0.2, 0) is 4.79 Å². The van der Waals surface area contributed by atoms with Crippen molar-refractivity contribution >= 4 is 50.4 Å². The number of thiophene rings is 1. The van der Waals surface area contributed by atoms with E-state index in [1.165, 1.54) is 11.3 Å². The Morgan fingerprint density at radius 2 is 2.20 bits per heavy atom. The summed E-state index contributed by atoms with van der Waals surface area (Å²) in [5, 5.41) is 5.85. The number of nitrogens with zero attached hydrogens (tertiary/aromatic N) is 2. The Morgan fingerprint density at radius 3 is 3.00 bits per heavy atom. The summed E-state index contributed by atoms with van der Waals surface area (Å²) in [5.74, 6) is -0.177. The first kappa shape index (κ1) is 16.2. The smallest absolute Gasteiger partial charge is 0.264 e. The van der Waals surface area contributed by atoms with Crippen molar-refractivity contribution in [3.05, 3.63) is 45.6 Å². The van der Waals surface area contributed by atoms with Crippen LogP contribution in [-0.4, -0.2) is 34.3 Å². The number of hydrogen-bond donors (Lipinski definition) is 1. The summed E-state index contributed by atoms with van der Waals surface area (Å²) in [4.78, 5) is 32.1. The van der Waals surface area contributed by atoms with Gasteiger partial charge in [-0.05, 0) is 49.4 Å². The number of carbonyl (C=O) groups excluding carboxylic acids is 2. The van der Waals surface area contributed by atoms with Crippen molar-refractivity contribution in [1.29, 1.82) is 0 Å². The lowest BCUT2D eigenvalue weighted by atomic mass is 10.2. The molecule has 1 atom stereocenters. The van der Waals surface area contributed by atoms with Crippen LogP contribution in [0.5, 0.6) is 0 Å². The fourth-order valence-corrected chi connectivity index (χ4v) is 4.71. The second-order valence-electron chi connectivity index (χ2n) is 6.04. The van der Waals surface area contributed by atoms with E-state index in [1.54, 1.807) is 22.3 Å². The molecule has 1 fully saturated rings. The number of benzene rings is 1. The average Bonchev–Trinajstić information content (AvgIpc) is 3.33. The summed E-state index contributed by atoms with van der Waals surface area (Å²) in [6.07, 6.45) is 1.55. The van der Waals surface area contributed by atoms with E-state index in [0.29, 0.717) is 17.8 Å². The van der Waals surface area contributed by atoms with Gasteiger partial charge in [0.1, 0.15) is 6.04 Å². The van der Waals surface area contributed by atoms with Crippen LogP contribution in [0.2, 0.25) is 0 Å². The van der Waals surface area contributed by atoms with Crippen molar-refractivity contribution < 1.29 is 9.59 Å². The zero-order valence-electron chi connectivity index (χ0n) is 13.7. The number of carbonyl (C=O) groups is 2. The molecule has 0 spiro atoms. The second kappa shape index (κ2) is 6.57. The van der Waals surface area contributed by atoms with Crippen LogP contribution in [0.25, 0.3) is 10.2 Å². The van der Waals surface area contributed by atoms with Gasteiger partial charge in [-0.25, -0.2) is 4.98 Å². The lowest BCUT2D eigenvalue weighted by Crippen LogP contribution is -2.42. The van der Waals surface area contributed by atoms with Crippen molar-refractivity contribution in [3.63, 3.8) is 0 Å². The van der Waals surface area contributed by atoms with Crippen LogP contribution in [0.15, 0.2) is 35.7 Å². The Morgan fingerprint density at radius 1 is 1.32 bits per heavy atom. The molecule has 5 nitrogen and oxygen atoms in total. The SMILES string of the molecule is Cc1nc2ccc(NC(=O)C3CCCN3C(=O)c3cccs3)cc2s1. The molecule has 1 unspecified atom stereocenters. The van der Waals surface area contributed by atoms with E-state index >= 15 is 0 Å². The van der Waals surface area contributed by atoms with E-state index in [1.807, 2.05) is 36.6 Å². The number of likely N-dealkylation sites (tertiary alicyclic amines) is 1. The third kappa shape index (κ3) is 3.17. The quantitative estimate of drug-likeness (QED) is 0.759. The summed E-state index contributed by atoms with van der Waals surface area (Å²) < 4.78 is 1.05. The molecule has 3 aromatic rings. The molecule has 4 rings (SSSR count). The molecular formula is C18H17N3O2S2. The molecule has 1 aliphatic rings. The standard InChI is InChI=1S/C18H17N3O2S2/c1-11-19-13-7-6-12(10-16(13)25-11)20-17(22)14-4-2-8-21(14)18(23)15-5-3-9-24-15/h3,5-7,9-10,14H,2,4,8H2,1H3,(H,20,22). The highest BCUT2D eigenvalue weighted by molar-refractivity contribution is 7.18. The third-order valence-corrected chi connectivity index (χ3v) is 6.10. The second-order valence-corrected chi connectivity index (χ2v) is 8.22. The summed E-state index contributed by atoms with van der Waals surface area (Å²) in [6.45, 7) is 2.59. The van der Waals surface area contributed by atoms with E-state index < -0.39 is 6.04 Å². The monoisotopic (exact) mass is 371 g/mol. The van der Waals surface area contributed by atoms with E-state index in [9.17, 15) is 9.59 Å². The Labute approximate surface area is 153 Å². The fraction of sp³-hybridized carbons (Fsp3) is 0.278. The summed E-state index contributed by atoms with van der Waals surface area (Å²) in [5.41, 5.74) is 1.69. The molecule has 1 N–H and O–H groups in total. The van der Waals surface area contributed by atoms with Crippen LogP contribution in [0.1, 0.15) is 27.5 Å². The molecule has 25 heavy (non-hydrogen) atoms. The number of hydrogen-bond acceptors (Lipinski definition) is 5. The van der Waals surface area contributed by atoms with Gasteiger partial charge in [0.15, 0.2) is 0 Å². The Kier molecular flexibility index (Phi) is 4.27. The molecule has 0 radical (unpaired) electrons. The highest BCUT2D eigenvalue weighted by Crippen LogP contribution is 2.27. The Bertz CT molecular complexity index is 933. The molecule has 0 aliphatic carbocycles. The summed E-state index contributed by atoms with van der Waals surface area (Å²) >= 11 is 3.01. The maximum Gasteiger partial charge on any atom is 0.264 e. The highest BCUT2D eigenvalue weighted by Gasteiger charge is 2.34. The van der Waals surface area contributed by atoms with Gasteiger partial charge in [-0.15, -0.1) is 22.7 Å². The zero-order valence-corrected chi connectivity index (χ0v) is 15.3. The zero-order chi connectivity index (χ0) is 17.4. The summed E-state index contributed by atoms with van der Waals surface area (Å²) in [6, 6.07) is 8.97. The molecule has 7 heteroatoms. The third-order valence-electron chi connectivity index (χ3n) is 4.31. The van der Waals surface area contributed by atoms with Crippen molar-refractivity contribution in [3.8, 4) is 0 Å². The first-order valence-corrected chi connectivity index (χ1v) is 9.84. The molecule has 1 saturated heterocycles. The molecule has 1 aromatic carbocycles. The molecule has 1 aliphatic heterocycles. The number of rotatable bonds is 3. The van der Waals surface area contributed by atoms with Gasteiger partial charge < -0.3 is 10.2 Å². The Balaban J connectivity index is 1.51. The number of thiazole rings is 1. The minimum absolute atomic E-state index is 0.0545. The van der Waals surface area contributed by atoms with Crippen molar-refractivity contribution in [2.75, 3.05) is 11.9 Å². The number of nitrogens with one attached hydrogen (secondary N) is 1. The maximum absolute atomic E-state index is 12.7. The predicted molar refractivity (Wildman–Crippen MR) is 101 cm³/mol. The number of anilines is 1. The molecule has 0 saturated carbocycles. The molecule has 2 amide bonds. The molecule has 128 valence electrons. The number of fused-ring (bicyclic) bond motifs is 1.